The first-order chi connectivity index (χ1) is 6.00. The summed E-state index contributed by atoms with van der Waals surface area (Å²) >= 11 is -0.538. The van der Waals surface area contributed by atoms with Crippen LogP contribution in [0.4, 0.5) is 0 Å². The molecule has 1 atom stereocenters. The molecule has 2 heteroatoms. The van der Waals surface area contributed by atoms with Crippen molar-refractivity contribution in [3.8, 4) is 0 Å². The van der Waals surface area contributed by atoms with Gasteiger partial charge in [0.1, 0.15) is 0 Å². The minimum absolute atomic E-state index is 0.00413. The molecule has 0 radical (unpaired) electrons. The first-order valence-electron chi connectivity index (χ1n) is 4.44. The fraction of sp³-hybridized carbons (Fsp3) is 0.455. The topological polar surface area (TPSA) is 20.2 Å². The molecule has 0 aliphatic heterocycles. The van der Waals surface area contributed by atoms with Gasteiger partial charge in [0.15, 0.2) is 21.7 Å². The van der Waals surface area contributed by atoms with Crippen molar-refractivity contribution in [2.45, 2.75) is 31.3 Å². The van der Waals surface area contributed by atoms with Crippen molar-refractivity contribution in [2.75, 3.05) is 0 Å². The molecule has 72 valence electrons. The summed E-state index contributed by atoms with van der Waals surface area (Å²) in [5.74, 6) is 0.768. The second kappa shape index (κ2) is 4.16. The Hall–Kier alpha value is -0.470. The highest BCUT2D eigenvalue weighted by molar-refractivity contribution is 7.92. The normalized spacial score (nSPS) is 14.2. The summed E-state index contributed by atoms with van der Waals surface area (Å²) in [5.41, 5.74) is 1.21. The van der Waals surface area contributed by atoms with Gasteiger partial charge in [-0.2, -0.15) is 4.55 Å². The van der Waals surface area contributed by atoms with E-state index < -0.39 is 11.2 Å². The van der Waals surface area contributed by atoms with E-state index in [2.05, 4.69) is 32.9 Å². The highest BCUT2D eigenvalue weighted by atomic mass is 32.2. The maximum atomic E-state index is 9.87. The van der Waals surface area contributed by atoms with Crippen LogP contribution < -0.4 is 0 Å². The molecule has 0 amide bonds. The van der Waals surface area contributed by atoms with E-state index >= 15 is 0 Å². The molecule has 0 aliphatic carbocycles. The number of hydrogen-bond acceptors (Lipinski definition) is 1. The average molecular weight is 197 g/mol. The van der Waals surface area contributed by atoms with Gasteiger partial charge in [-0.1, -0.05) is 30.3 Å². The first kappa shape index (κ1) is 10.6. The lowest BCUT2D eigenvalue weighted by atomic mass is 10.2. The molecule has 0 saturated heterocycles. The molecule has 0 fully saturated rings. The molecule has 0 spiro atoms. The SMILES string of the molecule is CC(C)(C)[S+](O)Cc1ccccc1. The standard InChI is InChI=1S/C11H17OS/c1-11(2,3)13(12)9-10-7-5-4-6-8-10/h4-8,12H,9H2,1-3H3/q+1. The van der Waals surface area contributed by atoms with Crippen molar-refractivity contribution in [3.05, 3.63) is 35.9 Å². The molecule has 1 N–H and O–H groups in total. The van der Waals surface area contributed by atoms with Crippen molar-refractivity contribution < 1.29 is 4.55 Å². The lowest BCUT2D eigenvalue weighted by molar-refractivity contribution is 0.593. The second-order valence-corrected chi connectivity index (χ2v) is 6.35. The van der Waals surface area contributed by atoms with Crippen LogP contribution in [-0.4, -0.2) is 9.30 Å². The second-order valence-electron chi connectivity index (χ2n) is 4.11. The Labute approximate surface area is 83.4 Å². The quantitative estimate of drug-likeness (QED) is 0.722. The third kappa shape index (κ3) is 3.41. The Balaban J connectivity index is 2.61. The number of hydrogen-bond donors (Lipinski definition) is 1. The molecule has 1 unspecified atom stereocenters. The van der Waals surface area contributed by atoms with Crippen LogP contribution in [0.2, 0.25) is 0 Å². The lowest BCUT2D eigenvalue weighted by Gasteiger charge is -2.14. The van der Waals surface area contributed by atoms with Crippen molar-refractivity contribution in [2.24, 2.45) is 0 Å². The van der Waals surface area contributed by atoms with Crippen LogP contribution in [0.1, 0.15) is 26.3 Å². The Kier molecular flexibility index (Phi) is 3.40. The van der Waals surface area contributed by atoms with Gasteiger partial charge in [0.05, 0.1) is 0 Å². The van der Waals surface area contributed by atoms with E-state index in [4.69, 9.17) is 0 Å². The van der Waals surface area contributed by atoms with Gasteiger partial charge >= 0.3 is 0 Å². The van der Waals surface area contributed by atoms with E-state index in [0.717, 1.165) is 5.75 Å². The molecular weight excluding hydrogens is 180 g/mol. The van der Waals surface area contributed by atoms with Gasteiger partial charge in [0, 0.05) is 5.56 Å². The summed E-state index contributed by atoms with van der Waals surface area (Å²) in [7, 11) is 0. The molecule has 1 aromatic carbocycles. The highest BCUT2D eigenvalue weighted by Crippen LogP contribution is 2.20. The van der Waals surface area contributed by atoms with Gasteiger partial charge in [-0.05, 0) is 20.8 Å². The number of benzene rings is 1. The van der Waals surface area contributed by atoms with Crippen LogP contribution in [0.5, 0.6) is 0 Å². The van der Waals surface area contributed by atoms with Crippen molar-refractivity contribution in [1.29, 1.82) is 0 Å². The molecule has 13 heavy (non-hydrogen) atoms. The predicted molar refractivity (Wildman–Crippen MR) is 59.9 cm³/mol. The van der Waals surface area contributed by atoms with Gasteiger partial charge in [0.25, 0.3) is 0 Å². The average Bonchev–Trinajstić information content (AvgIpc) is 2.04. The van der Waals surface area contributed by atoms with Crippen LogP contribution in [0.3, 0.4) is 0 Å². The smallest absolute Gasteiger partial charge is 0.166 e. The molecule has 0 bridgehead atoms. The zero-order valence-corrected chi connectivity index (χ0v) is 9.27. The molecular formula is C11H17OS+. The molecule has 1 nitrogen and oxygen atoms in total. The fourth-order valence-electron chi connectivity index (χ4n) is 0.949. The summed E-state index contributed by atoms with van der Waals surface area (Å²) < 4.78 is 9.86. The van der Waals surface area contributed by atoms with E-state index in [1.807, 2.05) is 18.2 Å². The van der Waals surface area contributed by atoms with E-state index in [-0.39, 0.29) is 4.75 Å². The maximum absolute atomic E-state index is 9.87. The van der Waals surface area contributed by atoms with Crippen LogP contribution in [0.15, 0.2) is 30.3 Å². The largest absolute Gasteiger partial charge is 0.187 e. The minimum Gasteiger partial charge on any atom is -0.187 e. The Morgan fingerprint density at radius 2 is 1.69 bits per heavy atom. The lowest BCUT2D eigenvalue weighted by Crippen LogP contribution is -2.28. The third-order valence-electron chi connectivity index (χ3n) is 1.85. The van der Waals surface area contributed by atoms with E-state index in [0.29, 0.717) is 0 Å². The zero-order valence-electron chi connectivity index (χ0n) is 8.45. The van der Waals surface area contributed by atoms with Crippen LogP contribution in [0.25, 0.3) is 0 Å². The molecule has 0 saturated carbocycles. The summed E-state index contributed by atoms with van der Waals surface area (Å²) in [6.45, 7) is 6.21. The van der Waals surface area contributed by atoms with Gasteiger partial charge in [-0.15, -0.1) is 0 Å². The molecule has 0 heterocycles. The summed E-state index contributed by atoms with van der Waals surface area (Å²) in [6, 6.07) is 10.1. The van der Waals surface area contributed by atoms with Crippen LogP contribution in [0, 0.1) is 0 Å². The summed E-state index contributed by atoms with van der Waals surface area (Å²) in [6.07, 6.45) is 0. The van der Waals surface area contributed by atoms with Crippen molar-refractivity contribution in [1.82, 2.24) is 0 Å². The molecule has 1 aromatic rings. The predicted octanol–water partition coefficient (Wildman–Crippen LogP) is 3.08. The van der Waals surface area contributed by atoms with E-state index in [1.54, 1.807) is 0 Å². The van der Waals surface area contributed by atoms with E-state index in [9.17, 15) is 4.55 Å². The highest BCUT2D eigenvalue weighted by Gasteiger charge is 2.33. The zero-order chi connectivity index (χ0) is 9.90. The third-order valence-corrected chi connectivity index (χ3v) is 3.87. The van der Waals surface area contributed by atoms with Crippen LogP contribution in [-0.2, 0) is 16.9 Å². The Morgan fingerprint density at radius 3 is 2.15 bits per heavy atom. The summed E-state index contributed by atoms with van der Waals surface area (Å²) in [5, 5.41) is 0. The maximum Gasteiger partial charge on any atom is 0.166 e. The van der Waals surface area contributed by atoms with Crippen molar-refractivity contribution >= 4 is 11.2 Å². The number of rotatable bonds is 2. The molecule has 0 aliphatic rings. The fourth-order valence-corrected chi connectivity index (χ4v) is 1.89. The molecule has 0 aromatic heterocycles. The van der Waals surface area contributed by atoms with Gasteiger partial charge in [0.2, 0.25) is 0 Å². The summed E-state index contributed by atoms with van der Waals surface area (Å²) in [4.78, 5) is 0. The van der Waals surface area contributed by atoms with E-state index in [1.165, 1.54) is 5.56 Å². The Bertz CT molecular complexity index is 251. The van der Waals surface area contributed by atoms with Gasteiger partial charge in [-0.25, -0.2) is 0 Å². The van der Waals surface area contributed by atoms with Crippen molar-refractivity contribution in [3.63, 3.8) is 0 Å². The Morgan fingerprint density at radius 1 is 1.15 bits per heavy atom. The van der Waals surface area contributed by atoms with Gasteiger partial charge in [-0.3, -0.25) is 0 Å². The minimum atomic E-state index is -0.538. The monoisotopic (exact) mass is 197 g/mol. The first-order valence-corrected chi connectivity index (χ1v) is 5.79. The van der Waals surface area contributed by atoms with Crippen LogP contribution >= 0.6 is 0 Å². The van der Waals surface area contributed by atoms with Gasteiger partial charge < -0.3 is 0 Å². The molecule has 1 rings (SSSR count).